The van der Waals surface area contributed by atoms with Gasteiger partial charge < -0.3 is 10.2 Å². The van der Waals surface area contributed by atoms with Crippen molar-refractivity contribution in [1.82, 2.24) is 4.98 Å². The molecule has 0 aliphatic heterocycles. The summed E-state index contributed by atoms with van der Waals surface area (Å²) in [4.78, 5) is 4.21. The maximum absolute atomic E-state index is 12.5. The van der Waals surface area contributed by atoms with Gasteiger partial charge in [0, 0.05) is 17.3 Å². The van der Waals surface area contributed by atoms with Crippen LogP contribution in [0.15, 0.2) is 46.9 Å². The van der Waals surface area contributed by atoms with E-state index in [4.69, 9.17) is 10.2 Å². The normalized spacial score (nSPS) is 11.9. The summed E-state index contributed by atoms with van der Waals surface area (Å²) in [6, 6.07) is 9.66. The number of rotatable bonds is 1. The molecule has 3 nitrogen and oxygen atoms in total. The van der Waals surface area contributed by atoms with E-state index >= 15 is 0 Å². The Morgan fingerprint density at radius 3 is 2.35 bits per heavy atom. The largest absolute Gasteiger partial charge is 0.436 e. The summed E-state index contributed by atoms with van der Waals surface area (Å²) in [7, 11) is 0. The predicted molar refractivity (Wildman–Crippen MR) is 68.9 cm³/mol. The van der Waals surface area contributed by atoms with E-state index in [0.717, 1.165) is 12.1 Å². The zero-order valence-electron chi connectivity index (χ0n) is 10.1. The van der Waals surface area contributed by atoms with Crippen molar-refractivity contribution >= 4 is 16.8 Å². The number of benzene rings is 2. The van der Waals surface area contributed by atoms with E-state index in [1.807, 2.05) is 0 Å². The summed E-state index contributed by atoms with van der Waals surface area (Å²) in [6.07, 6.45) is -4.35. The average molecular weight is 278 g/mol. The number of nitrogens with two attached hydrogens (primary N) is 1. The summed E-state index contributed by atoms with van der Waals surface area (Å²) in [5.41, 5.74) is 7.04. The lowest BCUT2D eigenvalue weighted by molar-refractivity contribution is -0.137. The zero-order chi connectivity index (χ0) is 14.3. The summed E-state index contributed by atoms with van der Waals surface area (Å²) < 4.78 is 42.9. The number of nitrogen functional groups attached to an aromatic ring is 1. The molecule has 20 heavy (non-hydrogen) atoms. The van der Waals surface area contributed by atoms with E-state index in [-0.39, 0.29) is 5.89 Å². The van der Waals surface area contributed by atoms with Gasteiger partial charge in [-0.15, -0.1) is 0 Å². The molecule has 1 heterocycles. The lowest BCUT2D eigenvalue weighted by Gasteiger charge is -2.05. The van der Waals surface area contributed by atoms with E-state index in [0.29, 0.717) is 22.4 Å². The molecule has 0 spiro atoms. The summed E-state index contributed by atoms with van der Waals surface area (Å²) in [5, 5.41) is 0. The minimum atomic E-state index is -4.35. The van der Waals surface area contributed by atoms with E-state index in [2.05, 4.69) is 4.98 Å². The van der Waals surface area contributed by atoms with E-state index in [1.165, 1.54) is 12.1 Å². The van der Waals surface area contributed by atoms with Crippen LogP contribution in [-0.2, 0) is 6.18 Å². The third-order valence-electron chi connectivity index (χ3n) is 2.87. The van der Waals surface area contributed by atoms with Crippen LogP contribution in [0, 0.1) is 0 Å². The average Bonchev–Trinajstić information content (AvgIpc) is 2.80. The molecule has 0 saturated heterocycles. The molecule has 102 valence electrons. The van der Waals surface area contributed by atoms with Gasteiger partial charge in [-0.05, 0) is 36.4 Å². The lowest BCUT2D eigenvalue weighted by Crippen LogP contribution is -2.03. The van der Waals surface area contributed by atoms with Gasteiger partial charge in [-0.1, -0.05) is 0 Å². The quantitative estimate of drug-likeness (QED) is 0.682. The van der Waals surface area contributed by atoms with Crippen LogP contribution in [0.4, 0.5) is 18.9 Å². The highest BCUT2D eigenvalue weighted by molar-refractivity contribution is 5.79. The molecule has 6 heteroatoms. The minimum absolute atomic E-state index is 0.263. The molecule has 0 saturated carbocycles. The number of alkyl halides is 3. The molecule has 0 fully saturated rings. The fourth-order valence-electron chi connectivity index (χ4n) is 1.87. The van der Waals surface area contributed by atoms with E-state index in [1.54, 1.807) is 18.2 Å². The number of nitrogens with zero attached hydrogens (tertiary/aromatic N) is 1. The summed E-state index contributed by atoms with van der Waals surface area (Å²) >= 11 is 0. The van der Waals surface area contributed by atoms with Crippen molar-refractivity contribution in [2.45, 2.75) is 6.18 Å². The fraction of sp³-hybridized carbons (Fsp3) is 0.0714. The molecular formula is C14H9F3N2O. The van der Waals surface area contributed by atoms with Crippen LogP contribution in [0.2, 0.25) is 0 Å². The smallest absolute Gasteiger partial charge is 0.416 e. The molecule has 0 bridgehead atoms. The first-order chi connectivity index (χ1) is 9.43. The SMILES string of the molecule is Nc1ccc2nc(-c3ccc(C(F)(F)F)cc3)oc2c1. The van der Waals surface area contributed by atoms with Crippen molar-refractivity contribution in [2.75, 3.05) is 5.73 Å². The van der Waals surface area contributed by atoms with E-state index in [9.17, 15) is 13.2 Å². The molecule has 2 aromatic carbocycles. The molecule has 0 radical (unpaired) electrons. The van der Waals surface area contributed by atoms with Crippen molar-refractivity contribution in [3.63, 3.8) is 0 Å². The third-order valence-corrected chi connectivity index (χ3v) is 2.87. The Morgan fingerprint density at radius 1 is 1.00 bits per heavy atom. The molecular weight excluding hydrogens is 269 g/mol. The molecule has 1 aromatic heterocycles. The molecule has 0 amide bonds. The van der Waals surface area contributed by atoms with Crippen molar-refractivity contribution in [2.24, 2.45) is 0 Å². The highest BCUT2D eigenvalue weighted by atomic mass is 19.4. The number of aromatic nitrogens is 1. The first-order valence-corrected chi connectivity index (χ1v) is 5.77. The zero-order valence-corrected chi connectivity index (χ0v) is 10.1. The van der Waals surface area contributed by atoms with Crippen LogP contribution in [0.25, 0.3) is 22.6 Å². The first kappa shape index (κ1) is 12.5. The van der Waals surface area contributed by atoms with Crippen LogP contribution >= 0.6 is 0 Å². The molecule has 3 rings (SSSR count). The fourth-order valence-corrected chi connectivity index (χ4v) is 1.87. The highest BCUT2D eigenvalue weighted by Gasteiger charge is 2.30. The topological polar surface area (TPSA) is 52.0 Å². The second-order valence-corrected chi connectivity index (χ2v) is 4.32. The van der Waals surface area contributed by atoms with Gasteiger partial charge in [0.1, 0.15) is 5.52 Å². The van der Waals surface area contributed by atoms with Gasteiger partial charge in [0.15, 0.2) is 5.58 Å². The maximum atomic E-state index is 12.5. The van der Waals surface area contributed by atoms with Gasteiger partial charge in [0.25, 0.3) is 0 Å². The standard InChI is InChI=1S/C14H9F3N2O/c15-14(16,17)9-3-1-8(2-4-9)13-19-11-6-5-10(18)7-12(11)20-13/h1-7H,18H2. The van der Waals surface area contributed by atoms with Gasteiger partial charge >= 0.3 is 6.18 Å². The lowest BCUT2D eigenvalue weighted by atomic mass is 10.1. The third kappa shape index (κ3) is 2.20. The second kappa shape index (κ2) is 4.26. The van der Waals surface area contributed by atoms with Gasteiger partial charge in [0.2, 0.25) is 5.89 Å². The van der Waals surface area contributed by atoms with Gasteiger partial charge in [-0.3, -0.25) is 0 Å². The maximum Gasteiger partial charge on any atom is 0.416 e. The Hall–Kier alpha value is -2.50. The number of hydrogen-bond acceptors (Lipinski definition) is 3. The Kier molecular flexibility index (Phi) is 2.67. The Balaban J connectivity index is 2.02. The Bertz CT molecular complexity index is 760. The predicted octanol–water partition coefficient (Wildman–Crippen LogP) is 4.10. The van der Waals surface area contributed by atoms with Crippen molar-refractivity contribution in [3.8, 4) is 11.5 Å². The monoisotopic (exact) mass is 278 g/mol. The molecule has 0 aliphatic rings. The number of anilines is 1. The second-order valence-electron chi connectivity index (χ2n) is 4.32. The van der Waals surface area contributed by atoms with Gasteiger partial charge in [-0.25, -0.2) is 4.98 Å². The minimum Gasteiger partial charge on any atom is -0.436 e. The van der Waals surface area contributed by atoms with Gasteiger partial charge in [0.05, 0.1) is 5.56 Å². The van der Waals surface area contributed by atoms with Gasteiger partial charge in [-0.2, -0.15) is 13.2 Å². The molecule has 0 unspecified atom stereocenters. The van der Waals surface area contributed by atoms with Crippen molar-refractivity contribution in [3.05, 3.63) is 48.0 Å². The molecule has 2 N–H and O–H groups in total. The number of hydrogen-bond donors (Lipinski definition) is 1. The molecule has 0 aliphatic carbocycles. The number of oxazole rings is 1. The number of halogens is 3. The Labute approximate surface area is 111 Å². The highest BCUT2D eigenvalue weighted by Crippen LogP contribution is 2.31. The van der Waals surface area contributed by atoms with Crippen molar-refractivity contribution < 1.29 is 17.6 Å². The first-order valence-electron chi connectivity index (χ1n) is 5.77. The van der Waals surface area contributed by atoms with Crippen LogP contribution in [0.5, 0.6) is 0 Å². The van der Waals surface area contributed by atoms with Crippen LogP contribution < -0.4 is 5.73 Å². The van der Waals surface area contributed by atoms with Crippen LogP contribution in [0.1, 0.15) is 5.56 Å². The van der Waals surface area contributed by atoms with Crippen molar-refractivity contribution in [1.29, 1.82) is 0 Å². The molecule has 3 aromatic rings. The van der Waals surface area contributed by atoms with Crippen LogP contribution in [0.3, 0.4) is 0 Å². The summed E-state index contributed by atoms with van der Waals surface area (Å²) in [5.74, 6) is 0.263. The van der Waals surface area contributed by atoms with E-state index < -0.39 is 11.7 Å². The number of fused-ring (bicyclic) bond motifs is 1. The Morgan fingerprint density at radius 2 is 1.70 bits per heavy atom. The van der Waals surface area contributed by atoms with Crippen LogP contribution in [-0.4, -0.2) is 4.98 Å². The summed E-state index contributed by atoms with van der Waals surface area (Å²) in [6.45, 7) is 0. The molecule has 0 atom stereocenters.